The Morgan fingerprint density at radius 1 is 1.00 bits per heavy atom. The van der Waals surface area contributed by atoms with Gasteiger partial charge in [0.2, 0.25) is 0 Å². The van der Waals surface area contributed by atoms with Crippen molar-refractivity contribution in [2.24, 2.45) is 0 Å². The van der Waals surface area contributed by atoms with Crippen LogP contribution < -0.4 is 5.32 Å². The standard InChI is InChI=1S/C16H27NO7/c1-6-19-10(18)8-17-7-9-11-12(22-15(2,3)21-11)13-14(20-9)24-16(4,5)23-13/h9,11-14,17H,6-8H2,1-5H3/t9-,11+,12+,13-,14-/m1/s1. The number of ether oxygens (including phenoxy) is 6. The Morgan fingerprint density at radius 3 is 2.33 bits per heavy atom. The average Bonchev–Trinajstić information content (AvgIpc) is 2.93. The third-order valence-electron chi connectivity index (χ3n) is 4.17. The molecule has 0 aliphatic carbocycles. The summed E-state index contributed by atoms with van der Waals surface area (Å²) in [5.74, 6) is -1.75. The van der Waals surface area contributed by atoms with Crippen molar-refractivity contribution in [3.05, 3.63) is 0 Å². The molecule has 0 bridgehead atoms. The fraction of sp³-hybridized carbons (Fsp3) is 0.938. The minimum Gasteiger partial charge on any atom is -0.465 e. The van der Waals surface area contributed by atoms with E-state index in [1.54, 1.807) is 6.92 Å². The van der Waals surface area contributed by atoms with Gasteiger partial charge >= 0.3 is 5.97 Å². The summed E-state index contributed by atoms with van der Waals surface area (Å²) < 4.78 is 34.7. The van der Waals surface area contributed by atoms with Crippen LogP contribution in [0.3, 0.4) is 0 Å². The lowest BCUT2D eigenvalue weighted by Crippen LogP contribution is -2.57. The number of fused-ring (bicyclic) bond motifs is 3. The number of carbonyl (C=O) groups is 1. The molecule has 1 N–H and O–H groups in total. The van der Waals surface area contributed by atoms with E-state index in [9.17, 15) is 4.79 Å². The predicted octanol–water partition coefficient (Wildman–Crippen LogP) is 0.536. The summed E-state index contributed by atoms with van der Waals surface area (Å²) in [6.45, 7) is 10.1. The Morgan fingerprint density at radius 2 is 1.62 bits per heavy atom. The van der Waals surface area contributed by atoms with E-state index in [0.717, 1.165) is 0 Å². The lowest BCUT2D eigenvalue weighted by Gasteiger charge is -2.37. The fourth-order valence-corrected chi connectivity index (χ4v) is 3.39. The normalized spacial score (nSPS) is 39.3. The van der Waals surface area contributed by atoms with Crippen LogP contribution in [0.1, 0.15) is 34.6 Å². The molecule has 0 amide bonds. The largest absolute Gasteiger partial charge is 0.465 e. The van der Waals surface area contributed by atoms with Gasteiger partial charge in [-0.25, -0.2) is 0 Å². The minimum atomic E-state index is -0.733. The Kier molecular flexibility index (Phi) is 4.89. The van der Waals surface area contributed by atoms with Gasteiger partial charge in [-0.3, -0.25) is 4.79 Å². The second-order valence-electron chi connectivity index (χ2n) is 7.14. The van der Waals surface area contributed by atoms with Gasteiger partial charge in [0.15, 0.2) is 17.9 Å². The first-order chi connectivity index (χ1) is 11.2. The van der Waals surface area contributed by atoms with Gasteiger partial charge in [-0.15, -0.1) is 0 Å². The van der Waals surface area contributed by atoms with Crippen LogP contribution in [0.5, 0.6) is 0 Å². The quantitative estimate of drug-likeness (QED) is 0.723. The van der Waals surface area contributed by atoms with Gasteiger partial charge < -0.3 is 33.7 Å². The van der Waals surface area contributed by atoms with Crippen LogP contribution in [0.25, 0.3) is 0 Å². The van der Waals surface area contributed by atoms with Crippen molar-refractivity contribution in [3.8, 4) is 0 Å². The van der Waals surface area contributed by atoms with E-state index in [4.69, 9.17) is 28.4 Å². The molecule has 0 aromatic heterocycles. The van der Waals surface area contributed by atoms with Crippen LogP contribution in [-0.4, -0.2) is 67.9 Å². The zero-order valence-corrected chi connectivity index (χ0v) is 14.9. The Balaban J connectivity index is 1.65. The van der Waals surface area contributed by atoms with Crippen molar-refractivity contribution in [1.29, 1.82) is 0 Å². The molecular weight excluding hydrogens is 318 g/mol. The second-order valence-corrected chi connectivity index (χ2v) is 7.14. The Labute approximate surface area is 142 Å². The third kappa shape index (κ3) is 3.74. The van der Waals surface area contributed by atoms with Crippen molar-refractivity contribution < 1.29 is 33.2 Å². The van der Waals surface area contributed by atoms with Crippen molar-refractivity contribution in [1.82, 2.24) is 5.32 Å². The molecule has 0 radical (unpaired) electrons. The molecule has 5 atom stereocenters. The van der Waals surface area contributed by atoms with E-state index in [-0.39, 0.29) is 36.9 Å². The molecule has 3 fully saturated rings. The monoisotopic (exact) mass is 345 g/mol. The molecule has 0 aromatic carbocycles. The second kappa shape index (κ2) is 6.51. The molecule has 3 rings (SSSR count). The third-order valence-corrected chi connectivity index (χ3v) is 4.17. The van der Waals surface area contributed by atoms with Crippen molar-refractivity contribution in [2.45, 2.75) is 76.9 Å². The van der Waals surface area contributed by atoms with E-state index in [2.05, 4.69) is 5.32 Å². The number of nitrogens with one attached hydrogen (secondary N) is 1. The van der Waals surface area contributed by atoms with Gasteiger partial charge in [-0.05, 0) is 34.6 Å². The first kappa shape index (κ1) is 18.0. The highest BCUT2D eigenvalue weighted by atomic mass is 16.9. The van der Waals surface area contributed by atoms with E-state index >= 15 is 0 Å². The Bertz CT molecular complexity index is 481. The summed E-state index contributed by atoms with van der Waals surface area (Å²) in [6, 6.07) is 0. The molecule has 3 saturated heterocycles. The molecule has 8 nitrogen and oxygen atoms in total. The SMILES string of the molecule is CCOC(=O)CNC[C@H]1O[C@@H]2OC(C)(C)O[C@@H]2[C@H]2OC(C)(C)O[C@H]21. The van der Waals surface area contributed by atoms with Crippen LogP contribution in [0.2, 0.25) is 0 Å². The summed E-state index contributed by atoms with van der Waals surface area (Å²) in [6.07, 6.45) is -1.76. The molecule has 138 valence electrons. The van der Waals surface area contributed by atoms with Gasteiger partial charge in [0.25, 0.3) is 0 Å². The topological polar surface area (TPSA) is 84.5 Å². The first-order valence-electron chi connectivity index (χ1n) is 8.44. The molecule has 0 saturated carbocycles. The highest BCUT2D eigenvalue weighted by Crippen LogP contribution is 2.43. The molecule has 3 heterocycles. The van der Waals surface area contributed by atoms with Crippen LogP contribution >= 0.6 is 0 Å². The van der Waals surface area contributed by atoms with Gasteiger partial charge in [0, 0.05) is 6.54 Å². The maximum Gasteiger partial charge on any atom is 0.319 e. The number of hydrogen-bond donors (Lipinski definition) is 1. The maximum atomic E-state index is 11.5. The van der Waals surface area contributed by atoms with Gasteiger partial charge in [0.05, 0.1) is 13.2 Å². The van der Waals surface area contributed by atoms with Crippen molar-refractivity contribution in [2.75, 3.05) is 19.7 Å². The zero-order valence-electron chi connectivity index (χ0n) is 14.9. The molecule has 0 aromatic rings. The Hall–Kier alpha value is -0.770. The number of esters is 1. The lowest BCUT2D eigenvalue weighted by molar-refractivity contribution is -0.232. The molecule has 3 aliphatic heterocycles. The first-order valence-corrected chi connectivity index (χ1v) is 8.44. The van der Waals surface area contributed by atoms with Crippen molar-refractivity contribution in [3.63, 3.8) is 0 Å². The summed E-state index contributed by atoms with van der Waals surface area (Å²) in [4.78, 5) is 11.5. The molecule has 8 heteroatoms. The molecule has 0 spiro atoms. The minimum absolute atomic E-state index is 0.117. The number of hydrogen-bond acceptors (Lipinski definition) is 8. The van der Waals surface area contributed by atoms with E-state index in [0.29, 0.717) is 13.2 Å². The number of carbonyl (C=O) groups excluding carboxylic acids is 1. The van der Waals surface area contributed by atoms with Gasteiger partial charge in [-0.1, -0.05) is 0 Å². The average molecular weight is 345 g/mol. The van der Waals surface area contributed by atoms with Crippen LogP contribution in [0.4, 0.5) is 0 Å². The van der Waals surface area contributed by atoms with Crippen LogP contribution in [-0.2, 0) is 33.2 Å². The van der Waals surface area contributed by atoms with Gasteiger partial charge in [-0.2, -0.15) is 0 Å². The smallest absolute Gasteiger partial charge is 0.319 e. The summed E-state index contributed by atoms with van der Waals surface area (Å²) in [5.41, 5.74) is 0. The highest BCUT2D eigenvalue weighted by Gasteiger charge is 2.60. The van der Waals surface area contributed by atoms with E-state index in [1.807, 2.05) is 27.7 Å². The highest BCUT2D eigenvalue weighted by molar-refractivity contribution is 5.71. The summed E-state index contributed by atoms with van der Waals surface area (Å²) in [5, 5.41) is 3.05. The fourth-order valence-electron chi connectivity index (χ4n) is 3.39. The van der Waals surface area contributed by atoms with E-state index < -0.39 is 17.9 Å². The molecule has 24 heavy (non-hydrogen) atoms. The van der Waals surface area contributed by atoms with E-state index in [1.165, 1.54) is 0 Å². The maximum absolute atomic E-state index is 11.5. The van der Waals surface area contributed by atoms with Crippen molar-refractivity contribution >= 4 is 5.97 Å². The summed E-state index contributed by atoms with van der Waals surface area (Å²) >= 11 is 0. The number of rotatable bonds is 5. The van der Waals surface area contributed by atoms with Crippen LogP contribution in [0, 0.1) is 0 Å². The molecule has 0 unspecified atom stereocenters. The zero-order chi connectivity index (χ0) is 17.5. The van der Waals surface area contributed by atoms with Crippen LogP contribution in [0.15, 0.2) is 0 Å². The molecule has 3 aliphatic rings. The summed E-state index contributed by atoms with van der Waals surface area (Å²) in [7, 11) is 0. The van der Waals surface area contributed by atoms with Gasteiger partial charge in [0.1, 0.15) is 24.4 Å². The predicted molar refractivity (Wildman–Crippen MR) is 82.0 cm³/mol. The lowest BCUT2D eigenvalue weighted by atomic mass is 9.99. The molecular formula is C16H27NO7.